The molecular weight excluding hydrogens is 313 g/mol. The maximum atomic E-state index is 6.14. The molecule has 0 aliphatic carbocycles. The third-order valence-corrected chi connectivity index (χ3v) is 3.94. The van der Waals surface area contributed by atoms with Gasteiger partial charge in [-0.1, -0.05) is 41.6 Å². The fourth-order valence-corrected chi connectivity index (χ4v) is 2.79. The van der Waals surface area contributed by atoms with Gasteiger partial charge in [-0.05, 0) is 18.6 Å². The minimum absolute atomic E-state index is 0. The Morgan fingerprint density at radius 2 is 1.95 bits per heavy atom. The van der Waals surface area contributed by atoms with Crippen molar-refractivity contribution >= 4 is 41.6 Å². The highest BCUT2D eigenvalue weighted by Gasteiger charge is 2.07. The second-order valence-corrected chi connectivity index (χ2v) is 5.78. The Kier molecular flexibility index (Phi) is 6.59. The molecule has 6 heteroatoms. The molecule has 0 atom stereocenters. The van der Waals surface area contributed by atoms with E-state index in [-0.39, 0.29) is 12.4 Å². The standard InChI is InChI=1S/C14H16ClN3S.ClH/c1-10-8-16-14(17-13(10)18(2)3)19-9-11-6-4-5-7-12(11)15;/h4-8H,9H2,1-3H3;1H. The molecule has 0 unspecified atom stereocenters. The van der Waals surface area contributed by atoms with Gasteiger partial charge in [0.2, 0.25) is 0 Å². The highest BCUT2D eigenvalue weighted by Crippen LogP contribution is 2.26. The zero-order valence-electron chi connectivity index (χ0n) is 11.6. The monoisotopic (exact) mass is 329 g/mol. The van der Waals surface area contributed by atoms with Crippen LogP contribution in [0.4, 0.5) is 5.82 Å². The molecule has 3 nitrogen and oxygen atoms in total. The number of aromatic nitrogens is 2. The molecule has 2 rings (SSSR count). The summed E-state index contributed by atoms with van der Waals surface area (Å²) in [6.07, 6.45) is 1.86. The zero-order valence-corrected chi connectivity index (χ0v) is 14.0. The second-order valence-electron chi connectivity index (χ2n) is 4.43. The molecule has 1 heterocycles. The second kappa shape index (κ2) is 7.72. The molecule has 0 saturated carbocycles. The number of aryl methyl sites for hydroxylation is 1. The van der Waals surface area contributed by atoms with Crippen LogP contribution >= 0.6 is 35.8 Å². The van der Waals surface area contributed by atoms with Gasteiger partial charge in [0, 0.05) is 36.6 Å². The van der Waals surface area contributed by atoms with Crippen LogP contribution in [0.25, 0.3) is 0 Å². The van der Waals surface area contributed by atoms with Gasteiger partial charge >= 0.3 is 0 Å². The summed E-state index contributed by atoms with van der Waals surface area (Å²) in [5, 5.41) is 1.56. The Labute approximate surface area is 135 Å². The van der Waals surface area contributed by atoms with Crippen molar-refractivity contribution in [1.29, 1.82) is 0 Å². The van der Waals surface area contributed by atoms with E-state index in [1.54, 1.807) is 11.8 Å². The molecule has 20 heavy (non-hydrogen) atoms. The molecule has 2 aromatic rings. The summed E-state index contributed by atoms with van der Waals surface area (Å²) < 4.78 is 0. The van der Waals surface area contributed by atoms with E-state index in [4.69, 9.17) is 11.6 Å². The SMILES string of the molecule is Cc1cnc(SCc2ccccc2Cl)nc1N(C)C.Cl. The minimum atomic E-state index is 0. The van der Waals surface area contributed by atoms with Crippen LogP contribution in [-0.4, -0.2) is 24.1 Å². The first-order valence-electron chi connectivity index (χ1n) is 5.95. The molecule has 0 aliphatic rings. The summed E-state index contributed by atoms with van der Waals surface area (Å²) >= 11 is 7.73. The molecule has 108 valence electrons. The van der Waals surface area contributed by atoms with Gasteiger partial charge < -0.3 is 4.90 Å². The molecule has 0 spiro atoms. The van der Waals surface area contributed by atoms with Crippen LogP contribution in [0.5, 0.6) is 0 Å². The third-order valence-electron chi connectivity index (χ3n) is 2.66. The van der Waals surface area contributed by atoms with Gasteiger partial charge in [0.1, 0.15) is 5.82 Å². The van der Waals surface area contributed by atoms with E-state index in [0.717, 1.165) is 32.9 Å². The van der Waals surface area contributed by atoms with Crippen molar-refractivity contribution in [3.63, 3.8) is 0 Å². The summed E-state index contributed by atoms with van der Waals surface area (Å²) in [7, 11) is 3.97. The first-order chi connectivity index (χ1) is 9.08. The Hall–Kier alpha value is -0.970. The van der Waals surface area contributed by atoms with Crippen LogP contribution < -0.4 is 4.90 Å². The Bertz CT molecular complexity index is 576. The predicted molar refractivity (Wildman–Crippen MR) is 89.4 cm³/mol. The first-order valence-corrected chi connectivity index (χ1v) is 7.31. The van der Waals surface area contributed by atoms with Gasteiger partial charge in [-0.2, -0.15) is 0 Å². The van der Waals surface area contributed by atoms with Gasteiger partial charge in [0.15, 0.2) is 5.16 Å². The molecule has 0 N–H and O–H groups in total. The molecule has 0 amide bonds. The van der Waals surface area contributed by atoms with E-state index in [9.17, 15) is 0 Å². The molecule has 0 bridgehead atoms. The predicted octanol–water partition coefficient (Wildman–Crippen LogP) is 4.22. The third kappa shape index (κ3) is 4.27. The number of benzene rings is 1. The summed E-state index contributed by atoms with van der Waals surface area (Å²) in [5.74, 6) is 1.73. The van der Waals surface area contributed by atoms with Crippen LogP contribution in [-0.2, 0) is 5.75 Å². The molecule has 1 aromatic carbocycles. The van der Waals surface area contributed by atoms with E-state index < -0.39 is 0 Å². The van der Waals surface area contributed by atoms with E-state index in [0.29, 0.717) is 0 Å². The first kappa shape index (κ1) is 17.1. The lowest BCUT2D eigenvalue weighted by Crippen LogP contribution is -2.13. The fourth-order valence-electron chi connectivity index (χ4n) is 1.70. The smallest absolute Gasteiger partial charge is 0.189 e. The van der Waals surface area contributed by atoms with Crippen molar-refractivity contribution in [3.8, 4) is 0 Å². The van der Waals surface area contributed by atoms with Gasteiger partial charge in [0.25, 0.3) is 0 Å². The molecule has 0 saturated heterocycles. The van der Waals surface area contributed by atoms with E-state index in [1.807, 2.05) is 56.4 Å². The average molecular weight is 330 g/mol. The molecule has 1 aromatic heterocycles. The van der Waals surface area contributed by atoms with E-state index in [2.05, 4.69) is 9.97 Å². The van der Waals surface area contributed by atoms with E-state index in [1.165, 1.54) is 0 Å². The lowest BCUT2D eigenvalue weighted by atomic mass is 10.2. The molecule has 0 fully saturated rings. The number of hydrogen-bond acceptors (Lipinski definition) is 4. The van der Waals surface area contributed by atoms with Crippen LogP contribution in [0.2, 0.25) is 5.02 Å². The summed E-state index contributed by atoms with van der Waals surface area (Å²) in [5.41, 5.74) is 2.18. The van der Waals surface area contributed by atoms with Crippen molar-refractivity contribution in [2.45, 2.75) is 17.8 Å². The maximum Gasteiger partial charge on any atom is 0.189 e. The number of halogens is 2. The number of anilines is 1. The van der Waals surface area contributed by atoms with Gasteiger partial charge in [0.05, 0.1) is 0 Å². The highest BCUT2D eigenvalue weighted by atomic mass is 35.5. The van der Waals surface area contributed by atoms with Crippen molar-refractivity contribution in [2.75, 3.05) is 19.0 Å². The van der Waals surface area contributed by atoms with Crippen molar-refractivity contribution in [1.82, 2.24) is 9.97 Å². The van der Waals surface area contributed by atoms with E-state index >= 15 is 0 Å². The number of nitrogens with zero attached hydrogens (tertiary/aromatic N) is 3. The Morgan fingerprint density at radius 1 is 1.25 bits per heavy atom. The lowest BCUT2D eigenvalue weighted by Gasteiger charge is -2.14. The fraction of sp³-hybridized carbons (Fsp3) is 0.286. The average Bonchev–Trinajstić information content (AvgIpc) is 2.39. The van der Waals surface area contributed by atoms with Crippen molar-refractivity contribution in [3.05, 3.63) is 46.6 Å². The van der Waals surface area contributed by atoms with Gasteiger partial charge in [-0.25, -0.2) is 9.97 Å². The number of thioether (sulfide) groups is 1. The summed E-state index contributed by atoms with van der Waals surface area (Å²) in [4.78, 5) is 10.9. The van der Waals surface area contributed by atoms with Crippen LogP contribution in [0.3, 0.4) is 0 Å². The van der Waals surface area contributed by atoms with Crippen LogP contribution in [0.1, 0.15) is 11.1 Å². The molecule has 0 aliphatic heterocycles. The van der Waals surface area contributed by atoms with Crippen LogP contribution in [0, 0.1) is 6.92 Å². The Balaban J connectivity index is 0.00000200. The van der Waals surface area contributed by atoms with Crippen LogP contribution in [0.15, 0.2) is 35.6 Å². The van der Waals surface area contributed by atoms with Gasteiger partial charge in [-0.15, -0.1) is 12.4 Å². The Morgan fingerprint density at radius 3 is 2.60 bits per heavy atom. The highest BCUT2D eigenvalue weighted by molar-refractivity contribution is 7.98. The topological polar surface area (TPSA) is 29.0 Å². The molecule has 0 radical (unpaired) electrons. The number of rotatable bonds is 4. The number of hydrogen-bond donors (Lipinski definition) is 0. The normalized spacial score (nSPS) is 10.0. The van der Waals surface area contributed by atoms with Gasteiger partial charge in [-0.3, -0.25) is 0 Å². The quantitative estimate of drug-likeness (QED) is 0.620. The maximum absolute atomic E-state index is 6.14. The minimum Gasteiger partial charge on any atom is -0.362 e. The van der Waals surface area contributed by atoms with Crippen molar-refractivity contribution < 1.29 is 0 Å². The largest absolute Gasteiger partial charge is 0.362 e. The lowest BCUT2D eigenvalue weighted by molar-refractivity contribution is 0.911. The summed E-state index contributed by atoms with van der Waals surface area (Å²) in [6, 6.07) is 7.85. The zero-order chi connectivity index (χ0) is 13.8. The summed E-state index contributed by atoms with van der Waals surface area (Å²) in [6.45, 7) is 2.01. The van der Waals surface area contributed by atoms with Crippen molar-refractivity contribution in [2.24, 2.45) is 0 Å². The molecular formula is C14H17Cl2N3S.